The smallest absolute Gasteiger partial charge is 0.159 e. The summed E-state index contributed by atoms with van der Waals surface area (Å²) >= 11 is 3.48. The molecule has 4 heteroatoms. The monoisotopic (exact) mass is 299 g/mol. The molecule has 0 atom stereocenters. The van der Waals surface area contributed by atoms with Crippen molar-refractivity contribution in [1.82, 2.24) is 0 Å². The summed E-state index contributed by atoms with van der Waals surface area (Å²) in [7, 11) is 0. The molecule has 17 heavy (non-hydrogen) atoms. The third-order valence-electron chi connectivity index (χ3n) is 2.56. The lowest BCUT2D eigenvalue weighted by molar-refractivity contribution is 0.101. The maximum absolute atomic E-state index is 11.3. The highest BCUT2D eigenvalue weighted by Crippen LogP contribution is 2.27. The van der Waals surface area contributed by atoms with Crippen LogP contribution in [0.4, 0.5) is 5.69 Å². The Morgan fingerprint density at radius 3 is 2.59 bits per heavy atom. The second-order valence-corrected chi connectivity index (χ2v) is 4.79. The number of aliphatic hydroxyl groups excluding tert-OH is 1. The topological polar surface area (TPSA) is 40.5 Å². The number of halogens is 1. The average molecular weight is 300 g/mol. The highest BCUT2D eigenvalue weighted by atomic mass is 79.9. The minimum Gasteiger partial charge on any atom is -0.395 e. The first-order valence-electron chi connectivity index (χ1n) is 5.76. The van der Waals surface area contributed by atoms with Gasteiger partial charge in [-0.05, 0) is 47.5 Å². The fourth-order valence-corrected chi connectivity index (χ4v) is 2.36. The summed E-state index contributed by atoms with van der Waals surface area (Å²) in [5.41, 5.74) is 1.71. The van der Waals surface area contributed by atoms with Crippen molar-refractivity contribution in [3.05, 3.63) is 28.2 Å². The van der Waals surface area contributed by atoms with E-state index in [1.165, 1.54) is 0 Å². The Kier molecular flexibility index (Phi) is 5.65. The number of anilines is 1. The Morgan fingerprint density at radius 2 is 2.12 bits per heavy atom. The van der Waals surface area contributed by atoms with Crippen LogP contribution in [-0.4, -0.2) is 30.6 Å². The highest BCUT2D eigenvalue weighted by Gasteiger charge is 2.10. The molecule has 1 N–H and O–H groups in total. The van der Waals surface area contributed by atoms with Gasteiger partial charge < -0.3 is 10.0 Å². The number of rotatable bonds is 6. The number of hydrogen-bond donors (Lipinski definition) is 1. The first-order valence-corrected chi connectivity index (χ1v) is 6.55. The minimum absolute atomic E-state index is 0.0569. The molecule has 0 aromatic heterocycles. The summed E-state index contributed by atoms with van der Waals surface area (Å²) in [5, 5.41) is 9.05. The average Bonchev–Trinajstić information content (AvgIpc) is 2.28. The minimum atomic E-state index is 0.0569. The van der Waals surface area contributed by atoms with Gasteiger partial charge in [0.1, 0.15) is 0 Å². The third-order valence-corrected chi connectivity index (χ3v) is 3.19. The van der Waals surface area contributed by atoms with E-state index in [9.17, 15) is 4.79 Å². The maximum Gasteiger partial charge on any atom is 0.159 e. The fourth-order valence-electron chi connectivity index (χ4n) is 1.73. The summed E-state index contributed by atoms with van der Waals surface area (Å²) < 4.78 is 0.895. The molecular formula is C13H18BrNO2. The van der Waals surface area contributed by atoms with Gasteiger partial charge in [-0.2, -0.15) is 0 Å². The molecule has 0 aliphatic carbocycles. The van der Waals surface area contributed by atoms with Gasteiger partial charge in [0.25, 0.3) is 0 Å². The van der Waals surface area contributed by atoms with Gasteiger partial charge in [-0.3, -0.25) is 4.79 Å². The quantitative estimate of drug-likeness (QED) is 0.821. The first kappa shape index (κ1) is 14.2. The van der Waals surface area contributed by atoms with Crippen LogP contribution in [0, 0.1) is 0 Å². The number of benzene rings is 1. The molecule has 0 fully saturated rings. The van der Waals surface area contributed by atoms with E-state index in [1.54, 1.807) is 6.92 Å². The van der Waals surface area contributed by atoms with Crippen molar-refractivity contribution in [3.8, 4) is 0 Å². The lowest BCUT2D eigenvalue weighted by Gasteiger charge is -2.24. The molecule has 0 radical (unpaired) electrons. The van der Waals surface area contributed by atoms with Gasteiger partial charge in [-0.25, -0.2) is 0 Å². The van der Waals surface area contributed by atoms with Crippen molar-refractivity contribution in [3.63, 3.8) is 0 Å². The predicted octanol–water partition coefficient (Wildman–Crippen LogP) is 2.86. The molecule has 0 spiro atoms. The molecule has 0 aliphatic heterocycles. The van der Waals surface area contributed by atoms with Crippen LogP contribution >= 0.6 is 15.9 Å². The molecule has 3 nitrogen and oxygen atoms in total. The van der Waals surface area contributed by atoms with Gasteiger partial charge >= 0.3 is 0 Å². The zero-order chi connectivity index (χ0) is 12.8. The zero-order valence-corrected chi connectivity index (χ0v) is 11.8. The lowest BCUT2D eigenvalue weighted by atomic mass is 10.1. The Labute approximate surface area is 111 Å². The molecule has 1 aromatic carbocycles. The Hall–Kier alpha value is -0.870. The van der Waals surface area contributed by atoms with Gasteiger partial charge in [0.05, 0.1) is 12.3 Å². The van der Waals surface area contributed by atoms with Crippen LogP contribution in [0.1, 0.15) is 30.6 Å². The largest absolute Gasteiger partial charge is 0.395 e. The molecule has 0 aliphatic rings. The van der Waals surface area contributed by atoms with E-state index < -0.39 is 0 Å². The van der Waals surface area contributed by atoms with E-state index in [4.69, 9.17) is 5.11 Å². The first-order chi connectivity index (χ1) is 8.10. The summed E-state index contributed by atoms with van der Waals surface area (Å²) in [6.45, 7) is 5.27. The summed E-state index contributed by atoms with van der Waals surface area (Å²) in [6, 6.07) is 5.58. The van der Waals surface area contributed by atoms with Crippen LogP contribution in [0.15, 0.2) is 22.7 Å². The van der Waals surface area contributed by atoms with Gasteiger partial charge in [-0.15, -0.1) is 0 Å². The molecule has 0 saturated heterocycles. The van der Waals surface area contributed by atoms with Crippen LogP contribution in [0.3, 0.4) is 0 Å². The second kappa shape index (κ2) is 6.77. The van der Waals surface area contributed by atoms with Crippen molar-refractivity contribution in [2.24, 2.45) is 0 Å². The number of hydrogen-bond acceptors (Lipinski definition) is 3. The number of carbonyl (C=O) groups excluding carboxylic acids is 1. The van der Waals surface area contributed by atoms with Crippen LogP contribution < -0.4 is 4.90 Å². The van der Waals surface area contributed by atoms with Gasteiger partial charge in [0.2, 0.25) is 0 Å². The molecule has 0 saturated carbocycles. The van der Waals surface area contributed by atoms with Crippen LogP contribution in [0.5, 0.6) is 0 Å². The van der Waals surface area contributed by atoms with Crippen molar-refractivity contribution in [1.29, 1.82) is 0 Å². The molecular weight excluding hydrogens is 282 g/mol. The van der Waals surface area contributed by atoms with E-state index in [1.807, 2.05) is 18.2 Å². The third kappa shape index (κ3) is 3.82. The van der Waals surface area contributed by atoms with Gasteiger partial charge in [0.15, 0.2) is 5.78 Å². The number of nitrogens with zero attached hydrogens (tertiary/aromatic N) is 1. The second-order valence-electron chi connectivity index (χ2n) is 3.93. The molecule has 0 amide bonds. The molecule has 0 unspecified atom stereocenters. The summed E-state index contributed by atoms with van der Waals surface area (Å²) in [6.07, 6.45) is 1.01. The molecule has 1 rings (SSSR count). The zero-order valence-electron chi connectivity index (χ0n) is 10.2. The fraction of sp³-hybridized carbons (Fsp3) is 0.462. The van der Waals surface area contributed by atoms with Gasteiger partial charge in [0, 0.05) is 23.1 Å². The van der Waals surface area contributed by atoms with E-state index >= 15 is 0 Å². The van der Waals surface area contributed by atoms with Crippen LogP contribution in [-0.2, 0) is 0 Å². The standard InChI is InChI=1S/C13H18BrNO2/c1-3-6-15(7-8-16)13-5-4-11(10(2)17)9-12(13)14/h4-5,9,16H,3,6-8H2,1-2H3. The SMILES string of the molecule is CCCN(CCO)c1ccc(C(C)=O)cc1Br. The lowest BCUT2D eigenvalue weighted by Crippen LogP contribution is -2.27. The number of aliphatic hydroxyl groups is 1. The van der Waals surface area contributed by atoms with Crippen LogP contribution in [0.2, 0.25) is 0 Å². The number of ketones is 1. The Balaban J connectivity index is 2.99. The summed E-state index contributed by atoms with van der Waals surface area (Å²) in [5.74, 6) is 0.0569. The maximum atomic E-state index is 11.3. The molecule has 94 valence electrons. The van der Waals surface area contributed by atoms with Crippen molar-refractivity contribution < 1.29 is 9.90 Å². The van der Waals surface area contributed by atoms with Gasteiger partial charge in [-0.1, -0.05) is 6.92 Å². The van der Waals surface area contributed by atoms with E-state index in [2.05, 4.69) is 27.8 Å². The van der Waals surface area contributed by atoms with Crippen molar-refractivity contribution in [2.75, 3.05) is 24.6 Å². The Bertz CT molecular complexity index is 387. The van der Waals surface area contributed by atoms with Crippen LogP contribution in [0.25, 0.3) is 0 Å². The molecule has 0 bridgehead atoms. The summed E-state index contributed by atoms with van der Waals surface area (Å²) in [4.78, 5) is 13.4. The van der Waals surface area contributed by atoms with Crippen molar-refractivity contribution in [2.45, 2.75) is 20.3 Å². The predicted molar refractivity (Wildman–Crippen MR) is 73.7 cm³/mol. The Morgan fingerprint density at radius 1 is 1.41 bits per heavy atom. The van der Waals surface area contributed by atoms with Crippen molar-refractivity contribution >= 4 is 27.4 Å². The number of Topliss-reactive ketones (excluding diaryl/α,β-unsaturated/α-hetero) is 1. The van der Waals surface area contributed by atoms with E-state index in [-0.39, 0.29) is 12.4 Å². The van der Waals surface area contributed by atoms with E-state index in [0.29, 0.717) is 12.1 Å². The number of carbonyl (C=O) groups is 1. The highest BCUT2D eigenvalue weighted by molar-refractivity contribution is 9.10. The normalized spacial score (nSPS) is 10.4. The van der Waals surface area contributed by atoms with E-state index in [0.717, 1.165) is 23.1 Å². The molecule has 1 aromatic rings. The molecule has 0 heterocycles.